The molecule has 1 aliphatic rings. The maximum atomic E-state index is 13.2. The topological polar surface area (TPSA) is 94.2 Å². The van der Waals surface area contributed by atoms with Crippen LogP contribution in [0.25, 0.3) is 11.1 Å². The number of carbonyl (C=O) groups is 1. The van der Waals surface area contributed by atoms with Crippen LogP contribution >= 0.6 is 0 Å². The number of pyridine rings is 1. The Kier molecular flexibility index (Phi) is 6.78. The van der Waals surface area contributed by atoms with Gasteiger partial charge in [-0.05, 0) is 48.5 Å². The van der Waals surface area contributed by atoms with E-state index < -0.39 is 0 Å². The molecule has 3 aromatic rings. The number of likely N-dealkylation sites (tertiary alicyclic amines) is 1. The quantitative estimate of drug-likeness (QED) is 0.526. The van der Waals surface area contributed by atoms with Crippen molar-refractivity contribution < 1.29 is 14.1 Å². The first-order valence-corrected chi connectivity index (χ1v) is 11.2. The van der Waals surface area contributed by atoms with E-state index in [0.717, 1.165) is 60.4 Å². The van der Waals surface area contributed by atoms with Gasteiger partial charge in [0.2, 0.25) is 5.91 Å². The lowest BCUT2D eigenvalue weighted by molar-refractivity contribution is -0.132. The molecule has 8 nitrogen and oxygen atoms in total. The van der Waals surface area contributed by atoms with Crippen LogP contribution in [0.15, 0.2) is 35.2 Å². The van der Waals surface area contributed by atoms with Gasteiger partial charge in [-0.2, -0.15) is 0 Å². The van der Waals surface area contributed by atoms with E-state index in [1.165, 1.54) is 7.11 Å². The summed E-state index contributed by atoms with van der Waals surface area (Å²) >= 11 is 0. The lowest BCUT2D eigenvalue weighted by atomic mass is 9.97. The number of rotatable bonds is 8. The normalized spacial score (nSPS) is 15.8. The van der Waals surface area contributed by atoms with E-state index in [1.54, 1.807) is 12.3 Å². The van der Waals surface area contributed by atoms with E-state index in [0.29, 0.717) is 24.5 Å². The fourth-order valence-corrected chi connectivity index (χ4v) is 4.25. The minimum Gasteiger partial charge on any atom is -0.479 e. The van der Waals surface area contributed by atoms with Crippen molar-refractivity contribution in [3.63, 3.8) is 0 Å². The van der Waals surface area contributed by atoms with Crippen molar-refractivity contribution in [3.8, 4) is 17.0 Å². The van der Waals surface area contributed by atoms with Gasteiger partial charge in [-0.25, -0.2) is 9.97 Å². The smallest absolute Gasteiger partial charge is 0.254 e. The molecule has 4 rings (SSSR count). The standard InChI is InChI=1S/C24H29N5O3/c1-4-6-21-26-15-19(18-10-11-25-14-16(18)2)24(27-21)20-7-5-12-29(20)23(30)9-8-17-13-22(31-3)28-32-17/h10-11,13-15,20H,4-9,12H2,1-3H3. The molecule has 0 radical (unpaired) electrons. The van der Waals surface area contributed by atoms with Crippen molar-refractivity contribution in [2.24, 2.45) is 0 Å². The predicted molar refractivity (Wildman–Crippen MR) is 119 cm³/mol. The number of methoxy groups -OCH3 is 1. The molecular weight excluding hydrogens is 406 g/mol. The van der Waals surface area contributed by atoms with Gasteiger partial charge in [-0.1, -0.05) is 6.92 Å². The zero-order valence-electron chi connectivity index (χ0n) is 18.9. The molecule has 0 N–H and O–H groups in total. The number of hydrogen-bond acceptors (Lipinski definition) is 7. The Morgan fingerprint density at radius 1 is 1.28 bits per heavy atom. The molecule has 0 bridgehead atoms. The summed E-state index contributed by atoms with van der Waals surface area (Å²) in [5, 5.41) is 3.81. The lowest BCUT2D eigenvalue weighted by Gasteiger charge is -2.26. The number of ether oxygens (including phenoxy) is 1. The third-order valence-electron chi connectivity index (χ3n) is 5.87. The van der Waals surface area contributed by atoms with Gasteiger partial charge in [0.25, 0.3) is 5.88 Å². The molecule has 1 unspecified atom stereocenters. The van der Waals surface area contributed by atoms with Gasteiger partial charge in [0.15, 0.2) is 0 Å². The van der Waals surface area contributed by atoms with Crippen LogP contribution in [0, 0.1) is 6.92 Å². The maximum absolute atomic E-state index is 13.2. The Hall–Kier alpha value is -3.29. The molecule has 4 heterocycles. The molecule has 1 atom stereocenters. The first kappa shape index (κ1) is 21.9. The molecule has 0 spiro atoms. The molecule has 0 saturated carbocycles. The third kappa shape index (κ3) is 4.64. The van der Waals surface area contributed by atoms with Gasteiger partial charge in [0.1, 0.15) is 11.6 Å². The van der Waals surface area contributed by atoms with Crippen molar-refractivity contribution >= 4 is 5.91 Å². The summed E-state index contributed by atoms with van der Waals surface area (Å²) in [6.07, 6.45) is 10.0. The van der Waals surface area contributed by atoms with Crippen molar-refractivity contribution in [1.82, 2.24) is 25.0 Å². The molecule has 8 heteroatoms. The maximum Gasteiger partial charge on any atom is 0.254 e. The number of carbonyl (C=O) groups excluding carboxylic acids is 1. The molecule has 0 aromatic carbocycles. The predicted octanol–water partition coefficient (Wildman–Crippen LogP) is 4.09. The van der Waals surface area contributed by atoms with Gasteiger partial charge < -0.3 is 14.2 Å². The summed E-state index contributed by atoms with van der Waals surface area (Å²) in [5.74, 6) is 1.99. The van der Waals surface area contributed by atoms with Crippen molar-refractivity contribution in [2.75, 3.05) is 13.7 Å². The summed E-state index contributed by atoms with van der Waals surface area (Å²) < 4.78 is 10.3. The van der Waals surface area contributed by atoms with E-state index >= 15 is 0 Å². The second-order valence-electron chi connectivity index (χ2n) is 8.11. The monoisotopic (exact) mass is 435 g/mol. The number of amides is 1. The fourth-order valence-electron chi connectivity index (χ4n) is 4.25. The third-order valence-corrected chi connectivity index (χ3v) is 5.87. The Morgan fingerprint density at radius 3 is 2.91 bits per heavy atom. The van der Waals surface area contributed by atoms with Gasteiger partial charge in [-0.3, -0.25) is 9.78 Å². The largest absolute Gasteiger partial charge is 0.479 e. The van der Waals surface area contributed by atoms with Crippen LogP contribution in [-0.4, -0.2) is 44.6 Å². The highest BCUT2D eigenvalue weighted by molar-refractivity contribution is 5.78. The Bertz CT molecular complexity index is 1080. The van der Waals surface area contributed by atoms with E-state index in [2.05, 4.69) is 22.0 Å². The number of hydrogen-bond donors (Lipinski definition) is 0. The Labute approximate surface area is 188 Å². The average Bonchev–Trinajstić information content (AvgIpc) is 3.48. The molecule has 168 valence electrons. The van der Waals surface area contributed by atoms with Crippen LogP contribution < -0.4 is 4.74 Å². The van der Waals surface area contributed by atoms with Gasteiger partial charge in [0.05, 0.1) is 18.8 Å². The van der Waals surface area contributed by atoms with Crippen LogP contribution in [0.5, 0.6) is 5.88 Å². The second kappa shape index (κ2) is 9.89. The summed E-state index contributed by atoms with van der Waals surface area (Å²) in [6, 6.07) is 3.66. The minimum atomic E-state index is -0.0621. The highest BCUT2D eigenvalue weighted by Crippen LogP contribution is 2.37. The number of aromatic nitrogens is 4. The minimum absolute atomic E-state index is 0.0621. The molecule has 32 heavy (non-hydrogen) atoms. The highest BCUT2D eigenvalue weighted by atomic mass is 16.5. The van der Waals surface area contributed by atoms with E-state index in [4.69, 9.17) is 14.2 Å². The zero-order valence-corrected chi connectivity index (χ0v) is 18.9. The van der Waals surface area contributed by atoms with E-state index in [1.807, 2.05) is 30.3 Å². The summed E-state index contributed by atoms with van der Waals surface area (Å²) in [5.41, 5.74) is 4.04. The van der Waals surface area contributed by atoms with Crippen LogP contribution in [0.3, 0.4) is 0 Å². The lowest BCUT2D eigenvalue weighted by Crippen LogP contribution is -2.31. The molecule has 1 saturated heterocycles. The summed E-state index contributed by atoms with van der Waals surface area (Å²) in [4.78, 5) is 28.9. The zero-order chi connectivity index (χ0) is 22.5. The summed E-state index contributed by atoms with van der Waals surface area (Å²) in [6.45, 7) is 4.88. The molecular formula is C24H29N5O3. The van der Waals surface area contributed by atoms with Crippen molar-refractivity contribution in [2.45, 2.75) is 58.4 Å². The Morgan fingerprint density at radius 2 is 2.16 bits per heavy atom. The molecule has 1 amide bonds. The second-order valence-corrected chi connectivity index (χ2v) is 8.11. The van der Waals surface area contributed by atoms with Gasteiger partial charge >= 0.3 is 0 Å². The van der Waals surface area contributed by atoms with Crippen molar-refractivity contribution in [1.29, 1.82) is 0 Å². The van der Waals surface area contributed by atoms with Crippen LogP contribution in [0.2, 0.25) is 0 Å². The van der Waals surface area contributed by atoms with Gasteiger partial charge in [-0.15, -0.1) is 0 Å². The SMILES string of the molecule is CCCc1ncc(-c2ccncc2C)c(C2CCCN2C(=O)CCc2cc(OC)no2)n1. The molecule has 3 aromatic heterocycles. The Balaban J connectivity index is 1.61. The summed E-state index contributed by atoms with van der Waals surface area (Å²) in [7, 11) is 1.54. The van der Waals surface area contributed by atoms with Crippen molar-refractivity contribution in [3.05, 3.63) is 53.6 Å². The number of nitrogens with zero attached hydrogens (tertiary/aromatic N) is 5. The first-order chi connectivity index (χ1) is 15.6. The van der Waals surface area contributed by atoms with E-state index in [-0.39, 0.29) is 11.9 Å². The molecule has 1 aliphatic heterocycles. The average molecular weight is 436 g/mol. The molecule has 1 fully saturated rings. The highest BCUT2D eigenvalue weighted by Gasteiger charge is 2.33. The van der Waals surface area contributed by atoms with E-state index in [9.17, 15) is 4.79 Å². The first-order valence-electron chi connectivity index (χ1n) is 11.2. The number of aryl methyl sites for hydroxylation is 3. The molecule has 0 aliphatic carbocycles. The van der Waals surface area contributed by atoms with Crippen LogP contribution in [0.1, 0.15) is 61.5 Å². The van der Waals surface area contributed by atoms with Gasteiger partial charge in [0, 0.05) is 56.0 Å². The fraction of sp³-hybridized carbons (Fsp3) is 0.458. The van der Waals surface area contributed by atoms with Crippen LogP contribution in [-0.2, 0) is 17.6 Å². The van der Waals surface area contributed by atoms with Crippen LogP contribution in [0.4, 0.5) is 0 Å².